The van der Waals surface area contributed by atoms with Gasteiger partial charge < -0.3 is 18.3 Å². The lowest BCUT2D eigenvalue weighted by Crippen LogP contribution is -2.47. The van der Waals surface area contributed by atoms with Crippen molar-refractivity contribution in [2.75, 3.05) is 26.4 Å². The number of aldehydes is 1. The molecule has 0 atom stereocenters. The molecule has 5 nitrogen and oxygen atoms in total. The molecule has 0 aliphatic rings. The SMILES string of the molecule is CC(C)[Si](OCCCCCCCCCCCOc1ccc(C=O)c(OCCCCCCCCCCCO[Si](C(C)C)(C(C)C)C(C)C)c1)(C(C)C)C(C)C. The zero-order valence-corrected chi connectivity index (χ0v) is 39.9. The molecule has 0 spiro atoms. The Morgan fingerprint density at radius 3 is 1.04 bits per heavy atom. The topological polar surface area (TPSA) is 54.0 Å². The molecular weight excluding hydrogens is 701 g/mol. The zero-order chi connectivity index (χ0) is 40.4. The Balaban J connectivity index is 2.12. The Morgan fingerprint density at radius 1 is 0.426 bits per heavy atom. The molecule has 0 aliphatic carbocycles. The van der Waals surface area contributed by atoms with Crippen LogP contribution in [0.1, 0.15) is 209 Å². The second kappa shape index (κ2) is 29.1. The summed E-state index contributed by atoms with van der Waals surface area (Å²) < 4.78 is 25.5. The first-order chi connectivity index (χ1) is 25.8. The van der Waals surface area contributed by atoms with Crippen molar-refractivity contribution in [3.63, 3.8) is 0 Å². The standard InChI is InChI=1S/C47H90O5Si2/c1-39(2)53(40(3)4,41(5)6)51-35-29-25-21-17-13-15-19-23-27-33-49-46-32-31-45(38-48)47(37-46)50-34-28-24-20-16-14-18-22-26-30-36-52-54(42(7)8,43(9)10)44(11)12/h31-32,37-44H,13-30,33-36H2,1-12H3. The van der Waals surface area contributed by atoms with Gasteiger partial charge in [-0.2, -0.15) is 0 Å². The van der Waals surface area contributed by atoms with Crippen LogP contribution in [0.4, 0.5) is 0 Å². The van der Waals surface area contributed by atoms with Crippen molar-refractivity contribution < 1.29 is 23.1 Å². The molecule has 0 bridgehead atoms. The van der Waals surface area contributed by atoms with Crippen LogP contribution in [0, 0.1) is 0 Å². The first-order valence-electron chi connectivity index (χ1n) is 22.9. The summed E-state index contributed by atoms with van der Waals surface area (Å²) in [5.74, 6) is 1.44. The summed E-state index contributed by atoms with van der Waals surface area (Å²) in [6, 6.07) is 5.61. The summed E-state index contributed by atoms with van der Waals surface area (Å²) in [6.45, 7) is 31.7. The summed E-state index contributed by atoms with van der Waals surface area (Å²) in [7, 11) is -3.43. The minimum atomic E-state index is -1.72. The van der Waals surface area contributed by atoms with Gasteiger partial charge in [-0.25, -0.2) is 0 Å². The molecule has 0 N–H and O–H groups in total. The van der Waals surface area contributed by atoms with Gasteiger partial charge in [-0.05, 0) is 71.1 Å². The molecule has 316 valence electrons. The number of rotatable bonds is 35. The molecule has 54 heavy (non-hydrogen) atoms. The predicted octanol–water partition coefficient (Wildman–Crippen LogP) is 15.7. The zero-order valence-electron chi connectivity index (χ0n) is 37.9. The van der Waals surface area contributed by atoms with E-state index in [4.69, 9.17) is 18.3 Å². The van der Waals surface area contributed by atoms with Gasteiger partial charge in [-0.15, -0.1) is 0 Å². The summed E-state index contributed by atoms with van der Waals surface area (Å²) in [6.07, 6.45) is 23.3. The molecule has 0 aliphatic heterocycles. The normalized spacial score (nSPS) is 12.7. The maximum Gasteiger partial charge on any atom is 0.200 e. The highest BCUT2D eigenvalue weighted by Gasteiger charge is 2.45. The number of hydrogen-bond acceptors (Lipinski definition) is 5. The van der Waals surface area contributed by atoms with E-state index in [2.05, 4.69) is 83.1 Å². The monoisotopic (exact) mass is 791 g/mol. The van der Waals surface area contributed by atoms with Crippen LogP contribution in [-0.4, -0.2) is 49.3 Å². The number of benzene rings is 1. The molecule has 0 aromatic heterocycles. The molecule has 0 saturated heterocycles. The number of unbranched alkanes of at least 4 members (excludes halogenated alkanes) is 16. The molecule has 1 rings (SSSR count). The predicted molar refractivity (Wildman–Crippen MR) is 240 cm³/mol. The van der Waals surface area contributed by atoms with E-state index in [1.807, 2.05) is 18.2 Å². The number of carbonyl (C=O) groups excluding carboxylic acids is 1. The van der Waals surface area contributed by atoms with Crippen molar-refractivity contribution in [2.24, 2.45) is 0 Å². The lowest BCUT2D eigenvalue weighted by Gasteiger charge is -2.42. The molecule has 0 radical (unpaired) electrons. The van der Waals surface area contributed by atoms with Gasteiger partial charge in [0, 0.05) is 19.3 Å². The van der Waals surface area contributed by atoms with Crippen LogP contribution >= 0.6 is 0 Å². The van der Waals surface area contributed by atoms with Crippen LogP contribution in [0.3, 0.4) is 0 Å². The molecular formula is C47H90O5Si2. The van der Waals surface area contributed by atoms with Crippen LogP contribution in [0.5, 0.6) is 11.5 Å². The molecule has 0 unspecified atom stereocenters. The van der Waals surface area contributed by atoms with E-state index in [-0.39, 0.29) is 0 Å². The van der Waals surface area contributed by atoms with E-state index in [0.29, 0.717) is 57.8 Å². The Labute approximate surface area is 338 Å². The van der Waals surface area contributed by atoms with Gasteiger partial charge >= 0.3 is 0 Å². The van der Waals surface area contributed by atoms with Crippen LogP contribution in [0.15, 0.2) is 18.2 Å². The maximum absolute atomic E-state index is 11.6. The Hall–Kier alpha value is -1.16. The smallest absolute Gasteiger partial charge is 0.200 e. The molecule has 1 aromatic carbocycles. The van der Waals surface area contributed by atoms with E-state index < -0.39 is 16.6 Å². The van der Waals surface area contributed by atoms with Crippen molar-refractivity contribution in [2.45, 2.75) is 232 Å². The minimum absolute atomic E-state index is 0.600. The van der Waals surface area contributed by atoms with Gasteiger partial charge in [0.25, 0.3) is 0 Å². The summed E-state index contributed by atoms with van der Waals surface area (Å²) in [5, 5.41) is 0. The fourth-order valence-corrected chi connectivity index (χ4v) is 20.6. The second-order valence-electron chi connectivity index (χ2n) is 18.2. The summed E-state index contributed by atoms with van der Waals surface area (Å²) in [4.78, 5) is 11.6. The van der Waals surface area contributed by atoms with Crippen molar-refractivity contribution in [1.29, 1.82) is 0 Å². The van der Waals surface area contributed by atoms with Gasteiger partial charge in [0.05, 0.1) is 18.8 Å². The molecule has 0 saturated carbocycles. The van der Waals surface area contributed by atoms with E-state index in [1.165, 1.54) is 103 Å². The van der Waals surface area contributed by atoms with Crippen molar-refractivity contribution in [1.82, 2.24) is 0 Å². The van der Waals surface area contributed by atoms with Gasteiger partial charge in [0.15, 0.2) is 22.9 Å². The highest BCUT2D eigenvalue weighted by atomic mass is 28.4. The van der Waals surface area contributed by atoms with E-state index in [9.17, 15) is 4.79 Å². The van der Waals surface area contributed by atoms with Gasteiger partial charge in [0.2, 0.25) is 0 Å². The highest BCUT2D eigenvalue weighted by molar-refractivity contribution is 6.78. The summed E-state index contributed by atoms with van der Waals surface area (Å²) in [5.41, 5.74) is 4.60. The summed E-state index contributed by atoms with van der Waals surface area (Å²) >= 11 is 0. The maximum atomic E-state index is 11.6. The van der Waals surface area contributed by atoms with Gasteiger partial charge in [-0.3, -0.25) is 4.79 Å². The lowest BCUT2D eigenvalue weighted by molar-refractivity contribution is 0.111. The van der Waals surface area contributed by atoms with E-state index >= 15 is 0 Å². The number of carbonyl (C=O) groups is 1. The third kappa shape index (κ3) is 18.0. The lowest BCUT2D eigenvalue weighted by atomic mass is 10.1. The second-order valence-corrected chi connectivity index (χ2v) is 29.1. The average molecular weight is 791 g/mol. The Kier molecular flexibility index (Phi) is 27.4. The van der Waals surface area contributed by atoms with E-state index in [0.717, 1.165) is 38.1 Å². The Bertz CT molecular complexity index is 1030. The first-order valence-corrected chi connectivity index (χ1v) is 27.2. The highest BCUT2D eigenvalue weighted by Crippen LogP contribution is 2.43. The van der Waals surface area contributed by atoms with Crippen molar-refractivity contribution >= 4 is 22.9 Å². The van der Waals surface area contributed by atoms with Crippen molar-refractivity contribution in [3.8, 4) is 11.5 Å². The largest absolute Gasteiger partial charge is 0.493 e. The fraction of sp³-hybridized carbons (Fsp3) is 0.851. The molecule has 0 heterocycles. The third-order valence-electron chi connectivity index (χ3n) is 12.3. The van der Waals surface area contributed by atoms with Gasteiger partial charge in [-0.1, -0.05) is 173 Å². The van der Waals surface area contributed by atoms with E-state index in [1.54, 1.807) is 0 Å². The van der Waals surface area contributed by atoms with Crippen LogP contribution in [-0.2, 0) is 8.85 Å². The third-order valence-corrected chi connectivity index (χ3v) is 24.6. The Morgan fingerprint density at radius 2 is 0.722 bits per heavy atom. The first kappa shape index (κ1) is 50.9. The fourth-order valence-electron chi connectivity index (χ4n) is 9.58. The molecule has 0 amide bonds. The number of hydrogen-bond donors (Lipinski definition) is 0. The quantitative estimate of drug-likeness (QED) is 0.0389. The molecule has 7 heteroatoms. The number of ether oxygens (including phenoxy) is 2. The van der Waals surface area contributed by atoms with Crippen LogP contribution in [0.25, 0.3) is 0 Å². The molecule has 0 fully saturated rings. The van der Waals surface area contributed by atoms with Crippen LogP contribution < -0.4 is 9.47 Å². The van der Waals surface area contributed by atoms with Crippen LogP contribution in [0.2, 0.25) is 33.2 Å². The molecule has 1 aromatic rings. The van der Waals surface area contributed by atoms with Crippen molar-refractivity contribution in [3.05, 3.63) is 23.8 Å². The van der Waals surface area contributed by atoms with Gasteiger partial charge in [0.1, 0.15) is 11.5 Å². The average Bonchev–Trinajstić information content (AvgIpc) is 3.11. The minimum Gasteiger partial charge on any atom is -0.493 e.